The highest BCUT2D eigenvalue weighted by atomic mass is 16.3. The lowest BCUT2D eigenvalue weighted by atomic mass is 9.90. The lowest BCUT2D eigenvalue weighted by molar-refractivity contribution is -0.139. The summed E-state index contributed by atoms with van der Waals surface area (Å²) in [4.78, 5) is 16.3. The van der Waals surface area contributed by atoms with E-state index in [9.17, 15) is 15.0 Å². The van der Waals surface area contributed by atoms with Crippen molar-refractivity contribution in [3.8, 4) is 0 Å². The van der Waals surface area contributed by atoms with Crippen molar-refractivity contribution >= 4 is 5.91 Å². The quantitative estimate of drug-likeness (QED) is 0.632. The molecule has 22 heavy (non-hydrogen) atoms. The minimum Gasteiger partial charge on any atom is -0.394 e. The number of β-amino-alcohol motifs (C(OH)–C–C–N with tert-alkyl or cyclic N) is 1. The van der Waals surface area contributed by atoms with Gasteiger partial charge in [0.15, 0.2) is 0 Å². The Balaban J connectivity index is 1.49. The maximum absolute atomic E-state index is 12.2. The van der Waals surface area contributed by atoms with Crippen molar-refractivity contribution in [3.63, 3.8) is 0 Å². The fourth-order valence-corrected chi connectivity index (χ4v) is 3.91. The monoisotopic (exact) mass is 311 g/mol. The first-order chi connectivity index (χ1) is 10.6. The van der Waals surface area contributed by atoms with Crippen LogP contribution in [0.2, 0.25) is 0 Å². The molecule has 2 saturated heterocycles. The number of hydrogen-bond acceptors (Lipinski definition) is 5. The summed E-state index contributed by atoms with van der Waals surface area (Å²) in [6.07, 6.45) is 4.01. The van der Waals surface area contributed by atoms with Crippen molar-refractivity contribution in [1.82, 2.24) is 15.1 Å². The van der Waals surface area contributed by atoms with Crippen LogP contribution >= 0.6 is 0 Å². The van der Waals surface area contributed by atoms with Gasteiger partial charge in [0.05, 0.1) is 24.8 Å². The number of carbonyl (C=O) groups is 1. The number of piperidine rings is 1. The first-order valence-corrected chi connectivity index (χ1v) is 8.61. The number of aliphatic hydroxyl groups excluding tert-OH is 2. The molecular formula is C16H29N3O3. The summed E-state index contributed by atoms with van der Waals surface area (Å²) in [5, 5.41) is 23.1. The summed E-state index contributed by atoms with van der Waals surface area (Å²) < 4.78 is 0. The fourth-order valence-electron chi connectivity index (χ4n) is 3.91. The SMILES string of the molecule is C[C@@H]1NCCN([C@H](CO)CCN2CCC3(CC3)[C@H](O)C2)C1=O. The molecule has 1 aliphatic carbocycles. The Morgan fingerprint density at radius 1 is 1.36 bits per heavy atom. The average molecular weight is 311 g/mol. The number of carbonyl (C=O) groups excluding carboxylic acids is 1. The van der Waals surface area contributed by atoms with Crippen LogP contribution in [0.3, 0.4) is 0 Å². The number of aliphatic hydroxyl groups is 2. The number of rotatable bonds is 5. The van der Waals surface area contributed by atoms with E-state index < -0.39 is 0 Å². The second-order valence-electron chi connectivity index (χ2n) is 7.26. The summed E-state index contributed by atoms with van der Waals surface area (Å²) in [5.41, 5.74) is 0.233. The molecular weight excluding hydrogens is 282 g/mol. The standard InChI is InChI=1S/C16H29N3O3/c1-12-15(22)19(9-6-17-12)13(11-20)2-7-18-8-5-16(3-4-16)14(21)10-18/h12-14,17,20-21H,2-11H2,1H3/t12-,13-,14+/m0/s1. The molecule has 3 fully saturated rings. The normalized spacial score (nSPS) is 33.2. The van der Waals surface area contributed by atoms with Gasteiger partial charge in [0.2, 0.25) is 5.91 Å². The topological polar surface area (TPSA) is 76.0 Å². The number of nitrogens with one attached hydrogen (secondary N) is 1. The summed E-state index contributed by atoms with van der Waals surface area (Å²) in [6, 6.07) is -0.264. The van der Waals surface area contributed by atoms with Crippen LogP contribution in [0.5, 0.6) is 0 Å². The lowest BCUT2D eigenvalue weighted by Gasteiger charge is -2.40. The van der Waals surface area contributed by atoms with Gasteiger partial charge in [-0.15, -0.1) is 0 Å². The van der Waals surface area contributed by atoms with Gasteiger partial charge >= 0.3 is 0 Å². The number of amides is 1. The zero-order valence-corrected chi connectivity index (χ0v) is 13.5. The molecule has 6 heteroatoms. The van der Waals surface area contributed by atoms with Crippen LogP contribution < -0.4 is 5.32 Å². The minimum absolute atomic E-state index is 0.0127. The second-order valence-corrected chi connectivity index (χ2v) is 7.26. The third-order valence-corrected chi connectivity index (χ3v) is 5.84. The Hall–Kier alpha value is -0.690. The Morgan fingerprint density at radius 3 is 2.77 bits per heavy atom. The van der Waals surface area contributed by atoms with Gasteiger partial charge in [-0.3, -0.25) is 4.79 Å². The van der Waals surface area contributed by atoms with Gasteiger partial charge < -0.3 is 25.3 Å². The van der Waals surface area contributed by atoms with E-state index in [2.05, 4.69) is 10.2 Å². The molecule has 0 bridgehead atoms. The van der Waals surface area contributed by atoms with Crippen LogP contribution in [-0.4, -0.2) is 83.4 Å². The van der Waals surface area contributed by atoms with Crippen molar-refractivity contribution < 1.29 is 15.0 Å². The van der Waals surface area contributed by atoms with E-state index in [-0.39, 0.29) is 36.1 Å². The molecule has 1 saturated carbocycles. The van der Waals surface area contributed by atoms with Crippen LogP contribution in [0.1, 0.15) is 32.6 Å². The Labute approximate surface area is 132 Å². The molecule has 3 atom stereocenters. The maximum atomic E-state index is 12.2. The average Bonchev–Trinajstić information content (AvgIpc) is 3.29. The van der Waals surface area contributed by atoms with E-state index in [1.54, 1.807) is 0 Å². The predicted molar refractivity (Wildman–Crippen MR) is 83.4 cm³/mol. The van der Waals surface area contributed by atoms with Crippen LogP contribution in [0.25, 0.3) is 0 Å². The highest BCUT2D eigenvalue weighted by Crippen LogP contribution is 2.53. The summed E-state index contributed by atoms with van der Waals surface area (Å²) in [7, 11) is 0. The highest BCUT2D eigenvalue weighted by molar-refractivity contribution is 5.82. The third-order valence-electron chi connectivity index (χ3n) is 5.84. The van der Waals surface area contributed by atoms with Crippen molar-refractivity contribution in [1.29, 1.82) is 0 Å². The van der Waals surface area contributed by atoms with Gasteiger partial charge in [0, 0.05) is 26.2 Å². The van der Waals surface area contributed by atoms with E-state index in [0.717, 1.165) is 39.0 Å². The molecule has 2 heterocycles. The maximum Gasteiger partial charge on any atom is 0.239 e. The number of nitrogens with zero attached hydrogens (tertiary/aromatic N) is 2. The largest absolute Gasteiger partial charge is 0.394 e. The fraction of sp³-hybridized carbons (Fsp3) is 0.938. The van der Waals surface area contributed by atoms with E-state index in [4.69, 9.17) is 0 Å². The van der Waals surface area contributed by atoms with E-state index >= 15 is 0 Å². The molecule has 0 aromatic carbocycles. The molecule has 0 radical (unpaired) electrons. The van der Waals surface area contributed by atoms with Crippen LogP contribution in [0.4, 0.5) is 0 Å². The zero-order valence-electron chi connectivity index (χ0n) is 13.5. The molecule has 3 aliphatic rings. The molecule has 1 spiro atoms. The Kier molecular flexibility index (Phi) is 4.73. The smallest absolute Gasteiger partial charge is 0.239 e. The van der Waals surface area contributed by atoms with E-state index in [1.165, 1.54) is 12.8 Å². The van der Waals surface area contributed by atoms with Gasteiger partial charge in [-0.1, -0.05) is 0 Å². The number of likely N-dealkylation sites (tertiary alicyclic amines) is 1. The Bertz CT molecular complexity index is 413. The Morgan fingerprint density at radius 2 is 2.14 bits per heavy atom. The molecule has 126 valence electrons. The molecule has 1 amide bonds. The number of piperazine rings is 1. The van der Waals surface area contributed by atoms with E-state index in [1.807, 2.05) is 11.8 Å². The van der Waals surface area contributed by atoms with Crippen LogP contribution in [0, 0.1) is 5.41 Å². The first kappa shape index (κ1) is 16.2. The van der Waals surface area contributed by atoms with E-state index in [0.29, 0.717) is 6.54 Å². The van der Waals surface area contributed by atoms with Gasteiger partial charge in [-0.25, -0.2) is 0 Å². The summed E-state index contributed by atoms with van der Waals surface area (Å²) in [6.45, 7) is 5.95. The molecule has 0 aromatic rings. The van der Waals surface area contributed by atoms with Crippen molar-refractivity contribution in [2.75, 3.05) is 39.3 Å². The zero-order chi connectivity index (χ0) is 15.7. The molecule has 0 unspecified atom stereocenters. The predicted octanol–water partition coefficient (Wildman–Crippen LogP) is -0.595. The second kappa shape index (κ2) is 6.43. The van der Waals surface area contributed by atoms with Crippen molar-refractivity contribution in [2.45, 2.75) is 50.8 Å². The molecule has 2 aliphatic heterocycles. The summed E-state index contributed by atoms with van der Waals surface area (Å²) >= 11 is 0. The van der Waals surface area contributed by atoms with Crippen molar-refractivity contribution in [2.24, 2.45) is 5.41 Å². The molecule has 6 nitrogen and oxygen atoms in total. The minimum atomic E-state index is -0.199. The molecule has 3 N–H and O–H groups in total. The van der Waals surface area contributed by atoms with Crippen molar-refractivity contribution in [3.05, 3.63) is 0 Å². The first-order valence-electron chi connectivity index (χ1n) is 8.61. The summed E-state index contributed by atoms with van der Waals surface area (Å²) in [5.74, 6) is 0.0842. The number of hydrogen-bond donors (Lipinski definition) is 3. The molecule has 0 aromatic heterocycles. The highest BCUT2D eigenvalue weighted by Gasteiger charge is 2.51. The van der Waals surface area contributed by atoms with Gasteiger partial charge in [0.25, 0.3) is 0 Å². The van der Waals surface area contributed by atoms with Crippen LogP contribution in [0.15, 0.2) is 0 Å². The van der Waals surface area contributed by atoms with Gasteiger partial charge in [-0.2, -0.15) is 0 Å². The van der Waals surface area contributed by atoms with Gasteiger partial charge in [-0.05, 0) is 44.6 Å². The van der Waals surface area contributed by atoms with Crippen LogP contribution in [-0.2, 0) is 4.79 Å². The third kappa shape index (κ3) is 3.15. The van der Waals surface area contributed by atoms with Gasteiger partial charge in [0.1, 0.15) is 0 Å². The molecule has 3 rings (SSSR count). The lowest BCUT2D eigenvalue weighted by Crippen LogP contribution is -2.58.